The average Bonchev–Trinajstić information content (AvgIpc) is 2.57. The smallest absolute Gasteiger partial charge is 0.108 e. The molecular formula is C21H29NO. The Labute approximate surface area is 141 Å². The van der Waals surface area contributed by atoms with E-state index >= 15 is 0 Å². The molecular weight excluding hydrogens is 282 g/mol. The van der Waals surface area contributed by atoms with Crippen molar-refractivity contribution in [1.82, 2.24) is 4.90 Å². The van der Waals surface area contributed by atoms with E-state index in [2.05, 4.69) is 81.1 Å². The van der Waals surface area contributed by atoms with E-state index in [0.717, 1.165) is 26.2 Å². The Kier molecular flexibility index (Phi) is 6.82. The third-order valence-electron chi connectivity index (χ3n) is 4.53. The van der Waals surface area contributed by atoms with E-state index in [1.807, 2.05) is 0 Å². The quantitative estimate of drug-likeness (QED) is 0.697. The molecule has 0 saturated heterocycles. The van der Waals surface area contributed by atoms with Crippen LogP contribution in [-0.4, -0.2) is 31.1 Å². The molecule has 0 fully saturated rings. The molecule has 0 radical (unpaired) electrons. The maximum atomic E-state index is 6.37. The van der Waals surface area contributed by atoms with Crippen LogP contribution in [0, 0.1) is 13.8 Å². The summed E-state index contributed by atoms with van der Waals surface area (Å²) < 4.78 is 6.37. The second-order valence-electron chi connectivity index (χ2n) is 5.99. The molecule has 23 heavy (non-hydrogen) atoms. The predicted molar refractivity (Wildman–Crippen MR) is 97.9 cm³/mol. The molecule has 0 atom stereocenters. The Hall–Kier alpha value is -1.64. The number of nitrogens with zero attached hydrogens (tertiary/aromatic N) is 1. The molecule has 0 spiro atoms. The highest BCUT2D eigenvalue weighted by molar-refractivity contribution is 5.38. The molecule has 0 bridgehead atoms. The van der Waals surface area contributed by atoms with Gasteiger partial charge >= 0.3 is 0 Å². The van der Waals surface area contributed by atoms with Crippen molar-refractivity contribution in [3.63, 3.8) is 0 Å². The lowest BCUT2D eigenvalue weighted by Crippen LogP contribution is -2.27. The lowest BCUT2D eigenvalue weighted by Gasteiger charge is -2.24. The number of ether oxygens (including phenoxy) is 1. The van der Waals surface area contributed by atoms with Crippen molar-refractivity contribution >= 4 is 0 Å². The molecule has 0 aliphatic carbocycles. The molecule has 0 aromatic heterocycles. The third kappa shape index (κ3) is 4.66. The molecule has 2 heteroatoms. The van der Waals surface area contributed by atoms with Gasteiger partial charge in [0.05, 0.1) is 6.61 Å². The van der Waals surface area contributed by atoms with Gasteiger partial charge in [0, 0.05) is 6.54 Å². The van der Waals surface area contributed by atoms with Gasteiger partial charge in [-0.2, -0.15) is 0 Å². The fourth-order valence-electron chi connectivity index (χ4n) is 2.95. The number of likely N-dealkylation sites (N-methyl/N-ethyl adjacent to an activating group) is 1. The number of aryl methyl sites for hydroxylation is 2. The average molecular weight is 311 g/mol. The zero-order chi connectivity index (χ0) is 16.7. The van der Waals surface area contributed by atoms with Crippen LogP contribution in [0.2, 0.25) is 0 Å². The van der Waals surface area contributed by atoms with Gasteiger partial charge < -0.3 is 9.64 Å². The topological polar surface area (TPSA) is 12.5 Å². The molecule has 2 rings (SSSR count). The van der Waals surface area contributed by atoms with Crippen molar-refractivity contribution < 1.29 is 4.74 Å². The highest BCUT2D eigenvalue weighted by Gasteiger charge is 2.18. The monoisotopic (exact) mass is 311 g/mol. The molecule has 0 unspecified atom stereocenters. The Bertz CT molecular complexity index is 559. The van der Waals surface area contributed by atoms with Crippen molar-refractivity contribution in [2.45, 2.75) is 33.8 Å². The lowest BCUT2D eigenvalue weighted by atomic mass is 9.94. The lowest BCUT2D eigenvalue weighted by molar-refractivity contribution is 0.0612. The Balaban J connectivity index is 2.23. The predicted octanol–water partition coefficient (Wildman–Crippen LogP) is 4.75. The summed E-state index contributed by atoms with van der Waals surface area (Å²) in [6.45, 7) is 12.6. The van der Waals surface area contributed by atoms with Crippen LogP contribution in [-0.2, 0) is 4.74 Å². The van der Waals surface area contributed by atoms with Gasteiger partial charge in [-0.25, -0.2) is 0 Å². The van der Waals surface area contributed by atoms with Gasteiger partial charge in [0.1, 0.15) is 6.10 Å². The standard InChI is InChI=1S/C21H29NO/c1-5-22(6-2)15-16-23-21(19-13-9-7-11-17(19)3)20-14-10-8-12-18(20)4/h7-14,21H,5-6,15-16H2,1-4H3. The fraction of sp³-hybridized carbons (Fsp3) is 0.429. The highest BCUT2D eigenvalue weighted by atomic mass is 16.5. The molecule has 0 N–H and O–H groups in total. The largest absolute Gasteiger partial charge is 0.367 e. The van der Waals surface area contributed by atoms with Crippen LogP contribution >= 0.6 is 0 Å². The van der Waals surface area contributed by atoms with Crippen LogP contribution in [0.15, 0.2) is 48.5 Å². The summed E-state index contributed by atoms with van der Waals surface area (Å²) in [5.74, 6) is 0. The SMILES string of the molecule is CCN(CC)CCOC(c1ccccc1C)c1ccccc1C. The molecule has 124 valence electrons. The van der Waals surface area contributed by atoms with Crippen molar-refractivity contribution in [2.75, 3.05) is 26.2 Å². The maximum absolute atomic E-state index is 6.37. The Morgan fingerprint density at radius 1 is 0.826 bits per heavy atom. The van der Waals surface area contributed by atoms with Crippen LogP contribution in [0.25, 0.3) is 0 Å². The summed E-state index contributed by atoms with van der Waals surface area (Å²) in [5, 5.41) is 0. The molecule has 2 aromatic rings. The second kappa shape index (κ2) is 8.85. The molecule has 0 aliphatic heterocycles. The van der Waals surface area contributed by atoms with Crippen LogP contribution < -0.4 is 0 Å². The van der Waals surface area contributed by atoms with E-state index in [1.54, 1.807) is 0 Å². The highest BCUT2D eigenvalue weighted by Crippen LogP contribution is 2.30. The number of rotatable bonds is 8. The summed E-state index contributed by atoms with van der Waals surface area (Å²) >= 11 is 0. The summed E-state index contributed by atoms with van der Waals surface area (Å²) in [5.41, 5.74) is 5.09. The number of benzene rings is 2. The van der Waals surface area contributed by atoms with Gasteiger partial charge in [-0.1, -0.05) is 62.4 Å². The van der Waals surface area contributed by atoms with E-state index in [0.29, 0.717) is 0 Å². The zero-order valence-electron chi connectivity index (χ0n) is 14.9. The van der Waals surface area contributed by atoms with Crippen LogP contribution in [0.1, 0.15) is 42.2 Å². The van der Waals surface area contributed by atoms with Crippen LogP contribution in [0.5, 0.6) is 0 Å². The molecule has 0 heterocycles. The number of hydrogen-bond donors (Lipinski definition) is 0. The first-order valence-corrected chi connectivity index (χ1v) is 8.62. The fourth-order valence-corrected chi connectivity index (χ4v) is 2.95. The Morgan fingerprint density at radius 3 is 1.74 bits per heavy atom. The van der Waals surface area contributed by atoms with Gasteiger partial charge in [0.2, 0.25) is 0 Å². The normalized spacial score (nSPS) is 11.4. The van der Waals surface area contributed by atoms with E-state index < -0.39 is 0 Å². The van der Waals surface area contributed by atoms with Gasteiger partial charge in [0.15, 0.2) is 0 Å². The van der Waals surface area contributed by atoms with Crippen LogP contribution in [0.3, 0.4) is 0 Å². The summed E-state index contributed by atoms with van der Waals surface area (Å²) in [7, 11) is 0. The first-order valence-electron chi connectivity index (χ1n) is 8.62. The minimum Gasteiger partial charge on any atom is -0.367 e. The van der Waals surface area contributed by atoms with E-state index in [4.69, 9.17) is 4.74 Å². The summed E-state index contributed by atoms with van der Waals surface area (Å²) in [4.78, 5) is 2.40. The van der Waals surface area contributed by atoms with Crippen molar-refractivity contribution in [1.29, 1.82) is 0 Å². The Morgan fingerprint density at radius 2 is 1.30 bits per heavy atom. The molecule has 0 saturated carbocycles. The zero-order valence-corrected chi connectivity index (χ0v) is 14.9. The molecule has 2 aromatic carbocycles. The van der Waals surface area contributed by atoms with Crippen molar-refractivity contribution in [3.8, 4) is 0 Å². The van der Waals surface area contributed by atoms with Gasteiger partial charge in [-0.3, -0.25) is 0 Å². The summed E-state index contributed by atoms with van der Waals surface area (Å²) in [6.07, 6.45) is 0.00737. The molecule has 2 nitrogen and oxygen atoms in total. The first-order chi connectivity index (χ1) is 11.2. The van der Waals surface area contributed by atoms with Gasteiger partial charge in [0.25, 0.3) is 0 Å². The minimum atomic E-state index is 0.00737. The molecule has 0 amide bonds. The third-order valence-corrected chi connectivity index (χ3v) is 4.53. The molecule has 0 aliphatic rings. The van der Waals surface area contributed by atoms with E-state index in [1.165, 1.54) is 22.3 Å². The van der Waals surface area contributed by atoms with E-state index in [9.17, 15) is 0 Å². The first kappa shape index (κ1) is 17.7. The van der Waals surface area contributed by atoms with Crippen molar-refractivity contribution in [2.24, 2.45) is 0 Å². The minimum absolute atomic E-state index is 0.00737. The van der Waals surface area contributed by atoms with E-state index in [-0.39, 0.29) is 6.10 Å². The van der Waals surface area contributed by atoms with Crippen LogP contribution in [0.4, 0.5) is 0 Å². The number of hydrogen-bond acceptors (Lipinski definition) is 2. The van der Waals surface area contributed by atoms with Crippen molar-refractivity contribution in [3.05, 3.63) is 70.8 Å². The maximum Gasteiger partial charge on any atom is 0.108 e. The summed E-state index contributed by atoms with van der Waals surface area (Å²) in [6, 6.07) is 17.1. The van der Waals surface area contributed by atoms with Gasteiger partial charge in [-0.15, -0.1) is 0 Å². The second-order valence-corrected chi connectivity index (χ2v) is 5.99. The van der Waals surface area contributed by atoms with Gasteiger partial charge in [-0.05, 0) is 49.2 Å².